The van der Waals surface area contributed by atoms with Gasteiger partial charge in [0.25, 0.3) is 0 Å². The van der Waals surface area contributed by atoms with Gasteiger partial charge in [0.1, 0.15) is 5.75 Å². The summed E-state index contributed by atoms with van der Waals surface area (Å²) in [7, 11) is 1.66. The number of halogens is 4. The van der Waals surface area contributed by atoms with Crippen LogP contribution in [0, 0.1) is 0 Å². The zero-order valence-corrected chi connectivity index (χ0v) is 15.5. The summed E-state index contributed by atoms with van der Waals surface area (Å²) in [5.74, 6) is 0.808. The van der Waals surface area contributed by atoms with E-state index in [0.717, 1.165) is 25.8 Å². The molecule has 0 saturated carbocycles. The maximum absolute atomic E-state index is 6.07. The number of benzene rings is 2. The minimum Gasteiger partial charge on any atom is -0.496 e. The van der Waals surface area contributed by atoms with E-state index in [0.29, 0.717) is 5.02 Å². The van der Waals surface area contributed by atoms with Crippen molar-refractivity contribution in [2.24, 2.45) is 0 Å². The zero-order chi connectivity index (χ0) is 14.0. The van der Waals surface area contributed by atoms with Crippen molar-refractivity contribution in [1.29, 1.82) is 0 Å². The number of ether oxygens (including phenoxy) is 1. The lowest BCUT2D eigenvalue weighted by atomic mass is 10.0. The highest BCUT2D eigenvalue weighted by Crippen LogP contribution is 2.39. The van der Waals surface area contributed by atoms with Crippen LogP contribution in [0.5, 0.6) is 5.75 Å². The molecule has 0 saturated heterocycles. The fraction of sp³-hybridized carbons (Fsp3) is 0.143. The first-order valence-corrected chi connectivity index (χ1v) is 8.32. The summed E-state index contributed by atoms with van der Waals surface area (Å²) in [6, 6.07) is 11.7. The molecule has 0 heterocycles. The average molecular weight is 469 g/mol. The number of alkyl halides is 1. The number of hydrogen-bond acceptors (Lipinski definition) is 1. The predicted octanol–water partition coefficient (Wildman–Crippen LogP) is 6.36. The average Bonchev–Trinajstić information content (AvgIpc) is 2.36. The second-order valence-electron chi connectivity index (χ2n) is 3.95. The molecular weight excluding hydrogens is 459 g/mol. The van der Waals surface area contributed by atoms with E-state index in [-0.39, 0.29) is 4.83 Å². The van der Waals surface area contributed by atoms with E-state index in [1.807, 2.05) is 24.3 Å². The van der Waals surface area contributed by atoms with Gasteiger partial charge in [-0.05, 0) is 42.0 Å². The highest BCUT2D eigenvalue weighted by atomic mass is 79.9. The zero-order valence-electron chi connectivity index (χ0n) is 9.96. The van der Waals surface area contributed by atoms with Crippen molar-refractivity contribution in [1.82, 2.24) is 0 Å². The Labute approximate surface area is 142 Å². The van der Waals surface area contributed by atoms with Crippen LogP contribution in [0.3, 0.4) is 0 Å². The normalized spacial score (nSPS) is 12.3. The van der Waals surface area contributed by atoms with Crippen molar-refractivity contribution in [3.63, 3.8) is 0 Å². The monoisotopic (exact) mass is 466 g/mol. The van der Waals surface area contributed by atoms with E-state index >= 15 is 0 Å². The van der Waals surface area contributed by atoms with Gasteiger partial charge in [-0.3, -0.25) is 0 Å². The lowest BCUT2D eigenvalue weighted by Gasteiger charge is -2.16. The third-order valence-electron chi connectivity index (χ3n) is 2.64. The Morgan fingerprint density at radius 1 is 1.05 bits per heavy atom. The van der Waals surface area contributed by atoms with Crippen molar-refractivity contribution in [2.45, 2.75) is 4.83 Å². The van der Waals surface area contributed by atoms with Crippen molar-refractivity contribution < 1.29 is 4.74 Å². The van der Waals surface area contributed by atoms with Gasteiger partial charge < -0.3 is 4.74 Å². The van der Waals surface area contributed by atoms with Gasteiger partial charge in [0, 0.05) is 19.5 Å². The van der Waals surface area contributed by atoms with Crippen LogP contribution in [0.15, 0.2) is 45.3 Å². The molecule has 100 valence electrons. The fourth-order valence-corrected chi connectivity index (χ4v) is 3.94. The van der Waals surface area contributed by atoms with Gasteiger partial charge in [-0.25, -0.2) is 0 Å². The van der Waals surface area contributed by atoms with E-state index in [1.54, 1.807) is 7.11 Å². The maximum atomic E-state index is 6.07. The Hall–Kier alpha value is -0.0300. The molecule has 1 atom stereocenters. The summed E-state index contributed by atoms with van der Waals surface area (Å²) in [4.78, 5) is 0.00921. The highest BCUT2D eigenvalue weighted by molar-refractivity contribution is 9.11. The lowest BCUT2D eigenvalue weighted by molar-refractivity contribution is 0.410. The van der Waals surface area contributed by atoms with Crippen molar-refractivity contribution >= 4 is 59.4 Å². The van der Waals surface area contributed by atoms with Crippen LogP contribution in [-0.2, 0) is 0 Å². The number of rotatable bonds is 3. The molecule has 0 aliphatic heterocycles. The molecule has 0 aromatic heterocycles. The van der Waals surface area contributed by atoms with E-state index in [2.05, 4.69) is 59.9 Å². The Morgan fingerprint density at radius 2 is 1.68 bits per heavy atom. The van der Waals surface area contributed by atoms with Gasteiger partial charge in [0.2, 0.25) is 0 Å². The van der Waals surface area contributed by atoms with Crippen LogP contribution in [0.1, 0.15) is 16.0 Å². The molecule has 0 bridgehead atoms. The first kappa shape index (κ1) is 15.4. The fourth-order valence-electron chi connectivity index (χ4n) is 1.80. The van der Waals surface area contributed by atoms with Crippen LogP contribution in [-0.4, -0.2) is 7.11 Å². The minimum atomic E-state index is 0.00921. The molecule has 0 amide bonds. The van der Waals surface area contributed by atoms with Gasteiger partial charge in [-0.15, -0.1) is 0 Å². The second-order valence-corrected chi connectivity index (χ2v) is 7.14. The topological polar surface area (TPSA) is 9.23 Å². The minimum absolute atomic E-state index is 0.00921. The number of hydrogen-bond donors (Lipinski definition) is 0. The third kappa shape index (κ3) is 3.75. The molecule has 0 aliphatic carbocycles. The summed E-state index contributed by atoms with van der Waals surface area (Å²) >= 11 is 16.8. The SMILES string of the molecule is COc1ccc(Cl)cc1C(Br)c1cc(Br)cc(Br)c1. The van der Waals surface area contributed by atoms with Gasteiger partial charge in [0.15, 0.2) is 0 Å². The van der Waals surface area contributed by atoms with Gasteiger partial charge >= 0.3 is 0 Å². The molecule has 2 aromatic carbocycles. The van der Waals surface area contributed by atoms with E-state index in [9.17, 15) is 0 Å². The lowest BCUT2D eigenvalue weighted by Crippen LogP contribution is -1.97. The molecule has 1 unspecified atom stereocenters. The van der Waals surface area contributed by atoms with Crippen LogP contribution in [0.25, 0.3) is 0 Å². The summed E-state index contributed by atoms with van der Waals surface area (Å²) < 4.78 is 7.42. The van der Waals surface area contributed by atoms with Crippen LogP contribution in [0.2, 0.25) is 5.02 Å². The van der Waals surface area contributed by atoms with E-state index in [1.165, 1.54) is 0 Å². The molecule has 5 heteroatoms. The molecular formula is C14H10Br3ClO. The highest BCUT2D eigenvalue weighted by Gasteiger charge is 2.16. The van der Waals surface area contributed by atoms with Crippen LogP contribution >= 0.6 is 59.4 Å². The molecule has 2 aromatic rings. The molecule has 0 N–H and O–H groups in total. The third-order valence-corrected chi connectivity index (χ3v) is 4.82. The number of methoxy groups -OCH3 is 1. The summed E-state index contributed by atoms with van der Waals surface area (Å²) in [5, 5.41) is 0.689. The van der Waals surface area contributed by atoms with Gasteiger partial charge in [-0.2, -0.15) is 0 Å². The first-order chi connectivity index (χ1) is 9.01. The van der Waals surface area contributed by atoms with Crippen molar-refractivity contribution in [3.8, 4) is 5.75 Å². The van der Waals surface area contributed by atoms with Crippen molar-refractivity contribution in [3.05, 3.63) is 61.5 Å². The second kappa shape index (κ2) is 6.61. The van der Waals surface area contributed by atoms with Gasteiger partial charge in [0.05, 0.1) is 11.9 Å². The molecule has 0 aliphatic rings. The van der Waals surface area contributed by atoms with Crippen molar-refractivity contribution in [2.75, 3.05) is 7.11 Å². The molecule has 0 spiro atoms. The molecule has 19 heavy (non-hydrogen) atoms. The molecule has 2 rings (SSSR count). The summed E-state index contributed by atoms with van der Waals surface area (Å²) in [6.07, 6.45) is 0. The Balaban J connectivity index is 2.48. The molecule has 0 fully saturated rings. The summed E-state index contributed by atoms with van der Waals surface area (Å²) in [6.45, 7) is 0. The van der Waals surface area contributed by atoms with Gasteiger partial charge in [-0.1, -0.05) is 59.4 Å². The smallest absolute Gasteiger partial charge is 0.123 e. The standard InChI is InChI=1S/C14H10Br3ClO/c1-19-13-3-2-11(18)7-12(13)14(17)8-4-9(15)6-10(16)5-8/h2-7,14H,1H3. The maximum Gasteiger partial charge on any atom is 0.123 e. The molecule has 1 nitrogen and oxygen atoms in total. The summed E-state index contributed by atoms with van der Waals surface area (Å²) in [5.41, 5.74) is 2.11. The van der Waals surface area contributed by atoms with E-state index < -0.39 is 0 Å². The van der Waals surface area contributed by atoms with Crippen LogP contribution in [0.4, 0.5) is 0 Å². The quantitative estimate of drug-likeness (QED) is 0.476. The molecule has 0 radical (unpaired) electrons. The Bertz CT molecular complexity index is 581. The Morgan fingerprint density at radius 3 is 2.26 bits per heavy atom. The first-order valence-electron chi connectivity index (χ1n) is 5.44. The van der Waals surface area contributed by atoms with Crippen LogP contribution < -0.4 is 4.74 Å². The largest absolute Gasteiger partial charge is 0.496 e. The predicted molar refractivity (Wildman–Crippen MR) is 90.6 cm³/mol. The van der Waals surface area contributed by atoms with E-state index in [4.69, 9.17) is 16.3 Å². The Kier molecular flexibility index (Phi) is 5.35.